The van der Waals surface area contributed by atoms with E-state index in [-0.39, 0.29) is 11.3 Å². The number of likely N-dealkylation sites (tertiary alicyclic amines) is 1. The van der Waals surface area contributed by atoms with Gasteiger partial charge < -0.3 is 13.9 Å². The Balaban J connectivity index is 1.41. The minimum Gasteiger partial charge on any atom is -0.464 e. The van der Waals surface area contributed by atoms with E-state index in [0.717, 1.165) is 39.0 Å². The number of hydrogen-bond donors (Lipinski definition) is 0. The van der Waals surface area contributed by atoms with Crippen LogP contribution in [-0.2, 0) is 28.0 Å². The number of aromatic nitrogens is 1. The third-order valence-corrected chi connectivity index (χ3v) is 6.02. The minimum absolute atomic E-state index is 0.105. The number of nitrogens with zero attached hydrogens (tertiary/aromatic N) is 2. The number of carbonyl (C=O) groups is 1. The van der Waals surface area contributed by atoms with Crippen LogP contribution in [-0.4, -0.2) is 42.7 Å². The second-order valence-electron chi connectivity index (χ2n) is 6.26. The summed E-state index contributed by atoms with van der Waals surface area (Å²) in [7, 11) is 1.34. The highest BCUT2D eigenvalue weighted by Gasteiger charge is 2.41. The molecule has 0 atom stereocenters. The summed E-state index contributed by atoms with van der Waals surface area (Å²) in [6.07, 6.45) is 4.34. The maximum atomic E-state index is 11.4. The molecule has 2 aliphatic heterocycles. The van der Waals surface area contributed by atoms with Crippen LogP contribution in [0.5, 0.6) is 0 Å². The van der Waals surface area contributed by atoms with Crippen molar-refractivity contribution in [3.63, 3.8) is 0 Å². The van der Waals surface area contributed by atoms with E-state index in [9.17, 15) is 4.79 Å². The van der Waals surface area contributed by atoms with Crippen LogP contribution in [0.25, 0.3) is 0 Å². The molecule has 0 aromatic carbocycles. The van der Waals surface area contributed by atoms with Crippen molar-refractivity contribution in [1.29, 1.82) is 0 Å². The predicted octanol–water partition coefficient (Wildman–Crippen LogP) is 2.59. The Kier molecular flexibility index (Phi) is 4.15. The lowest BCUT2D eigenvalue weighted by molar-refractivity contribution is -0.0967. The number of methoxy groups -OCH3 is 1. The Hall–Kier alpha value is -1.70. The van der Waals surface area contributed by atoms with Gasteiger partial charge in [0.15, 0.2) is 5.69 Å². The van der Waals surface area contributed by atoms with E-state index in [4.69, 9.17) is 9.15 Å². The molecule has 128 valence electrons. The highest BCUT2D eigenvalue weighted by Crippen LogP contribution is 2.44. The molecular formula is C17H20N2O4S. The van der Waals surface area contributed by atoms with Crippen LogP contribution in [0, 0.1) is 0 Å². The molecule has 2 aliphatic rings. The molecule has 2 aromatic heterocycles. The van der Waals surface area contributed by atoms with E-state index in [1.54, 1.807) is 0 Å². The van der Waals surface area contributed by atoms with E-state index in [2.05, 4.69) is 26.1 Å². The van der Waals surface area contributed by atoms with Gasteiger partial charge in [0.25, 0.3) is 0 Å². The Bertz CT molecular complexity index is 731. The maximum absolute atomic E-state index is 11.4. The van der Waals surface area contributed by atoms with E-state index in [0.29, 0.717) is 12.4 Å². The Labute approximate surface area is 144 Å². The van der Waals surface area contributed by atoms with E-state index in [1.807, 2.05) is 11.3 Å². The fourth-order valence-electron chi connectivity index (χ4n) is 3.57. The van der Waals surface area contributed by atoms with Crippen molar-refractivity contribution < 1.29 is 18.7 Å². The van der Waals surface area contributed by atoms with Gasteiger partial charge in [0.05, 0.1) is 20.3 Å². The zero-order chi connectivity index (χ0) is 16.6. The smallest absolute Gasteiger partial charge is 0.360 e. The van der Waals surface area contributed by atoms with Crippen LogP contribution in [0.1, 0.15) is 39.7 Å². The van der Waals surface area contributed by atoms with Crippen LogP contribution in [0.15, 0.2) is 22.1 Å². The first-order valence-corrected chi connectivity index (χ1v) is 9.04. The van der Waals surface area contributed by atoms with Gasteiger partial charge in [-0.1, -0.05) is 0 Å². The second kappa shape index (κ2) is 6.31. The van der Waals surface area contributed by atoms with Crippen molar-refractivity contribution in [2.24, 2.45) is 0 Å². The summed E-state index contributed by atoms with van der Waals surface area (Å²) in [5.74, 6) is 0.0798. The Morgan fingerprint density at radius 2 is 2.29 bits per heavy atom. The molecule has 0 unspecified atom stereocenters. The van der Waals surface area contributed by atoms with Gasteiger partial charge in [-0.2, -0.15) is 0 Å². The zero-order valence-corrected chi connectivity index (χ0v) is 14.4. The lowest BCUT2D eigenvalue weighted by atomic mass is 9.85. The normalized spacial score (nSPS) is 20.0. The molecule has 1 saturated heterocycles. The summed E-state index contributed by atoms with van der Waals surface area (Å²) in [5.41, 5.74) is 1.57. The van der Waals surface area contributed by atoms with Gasteiger partial charge in [-0.15, -0.1) is 11.3 Å². The number of ether oxygens (including phenoxy) is 2. The van der Waals surface area contributed by atoms with Crippen LogP contribution < -0.4 is 0 Å². The second-order valence-corrected chi connectivity index (χ2v) is 7.18. The molecule has 6 nitrogen and oxygen atoms in total. The van der Waals surface area contributed by atoms with E-state index < -0.39 is 5.97 Å². The largest absolute Gasteiger partial charge is 0.464 e. The Morgan fingerprint density at radius 3 is 3.08 bits per heavy atom. The third-order valence-electron chi connectivity index (χ3n) is 4.88. The third kappa shape index (κ3) is 2.76. The summed E-state index contributed by atoms with van der Waals surface area (Å²) in [6.45, 7) is 3.26. The van der Waals surface area contributed by atoms with E-state index >= 15 is 0 Å². The SMILES string of the molecule is COC(=O)c1coc(CN2CCC3(CC2)OCCc2ccsc23)n1. The van der Waals surface area contributed by atoms with Crippen molar-refractivity contribution in [2.45, 2.75) is 31.4 Å². The molecule has 24 heavy (non-hydrogen) atoms. The van der Waals surface area contributed by atoms with Gasteiger partial charge in [-0.25, -0.2) is 9.78 Å². The van der Waals surface area contributed by atoms with Gasteiger partial charge in [0.2, 0.25) is 5.89 Å². The van der Waals surface area contributed by atoms with Crippen molar-refractivity contribution in [3.05, 3.63) is 39.7 Å². The molecule has 4 rings (SSSR count). The van der Waals surface area contributed by atoms with Crippen LogP contribution in [0.2, 0.25) is 0 Å². The fourth-order valence-corrected chi connectivity index (χ4v) is 4.74. The molecular weight excluding hydrogens is 328 g/mol. The number of piperidine rings is 1. The molecule has 0 amide bonds. The summed E-state index contributed by atoms with van der Waals surface area (Å²) in [4.78, 5) is 19.3. The maximum Gasteiger partial charge on any atom is 0.360 e. The van der Waals surface area contributed by atoms with Crippen molar-refractivity contribution in [1.82, 2.24) is 9.88 Å². The van der Waals surface area contributed by atoms with Crippen LogP contribution in [0.3, 0.4) is 0 Å². The first-order valence-electron chi connectivity index (χ1n) is 8.16. The van der Waals surface area contributed by atoms with Gasteiger partial charge in [-0.05, 0) is 36.3 Å². The van der Waals surface area contributed by atoms with Gasteiger partial charge in [-0.3, -0.25) is 4.90 Å². The van der Waals surface area contributed by atoms with Gasteiger partial charge >= 0.3 is 5.97 Å². The molecule has 1 fully saturated rings. The molecule has 7 heteroatoms. The molecule has 0 aliphatic carbocycles. The number of carbonyl (C=O) groups excluding carboxylic acids is 1. The Morgan fingerprint density at radius 1 is 1.46 bits per heavy atom. The topological polar surface area (TPSA) is 64.8 Å². The van der Waals surface area contributed by atoms with Crippen molar-refractivity contribution in [3.8, 4) is 0 Å². The summed E-state index contributed by atoms with van der Waals surface area (Å²) in [6, 6.07) is 2.23. The number of hydrogen-bond acceptors (Lipinski definition) is 7. The lowest BCUT2D eigenvalue weighted by Crippen LogP contribution is -2.45. The average molecular weight is 348 g/mol. The lowest BCUT2D eigenvalue weighted by Gasteiger charge is -2.43. The highest BCUT2D eigenvalue weighted by molar-refractivity contribution is 7.10. The van der Waals surface area contributed by atoms with Crippen LogP contribution >= 0.6 is 11.3 Å². The number of oxazole rings is 1. The molecule has 4 heterocycles. The van der Waals surface area contributed by atoms with Crippen LogP contribution in [0.4, 0.5) is 0 Å². The number of esters is 1. The van der Waals surface area contributed by atoms with E-state index in [1.165, 1.54) is 23.8 Å². The molecule has 0 bridgehead atoms. The van der Waals surface area contributed by atoms with Gasteiger partial charge in [0.1, 0.15) is 11.9 Å². The standard InChI is InChI=1S/C17H20N2O4S/c1-21-16(20)13-11-22-14(18-13)10-19-6-4-17(5-7-19)15-12(2-8-23-17)3-9-24-15/h3,9,11H,2,4-8,10H2,1H3. The quantitative estimate of drug-likeness (QED) is 0.795. The summed E-state index contributed by atoms with van der Waals surface area (Å²) in [5, 5.41) is 2.18. The summed E-state index contributed by atoms with van der Waals surface area (Å²) < 4.78 is 16.3. The highest BCUT2D eigenvalue weighted by atomic mass is 32.1. The molecule has 0 saturated carbocycles. The molecule has 0 N–H and O–H groups in total. The van der Waals surface area contributed by atoms with Crippen molar-refractivity contribution in [2.75, 3.05) is 26.8 Å². The van der Waals surface area contributed by atoms with Crippen molar-refractivity contribution >= 4 is 17.3 Å². The predicted molar refractivity (Wildman–Crippen MR) is 88.0 cm³/mol. The summed E-state index contributed by atoms with van der Waals surface area (Å²) >= 11 is 1.82. The monoisotopic (exact) mass is 348 g/mol. The zero-order valence-electron chi connectivity index (χ0n) is 13.6. The number of rotatable bonds is 3. The van der Waals surface area contributed by atoms with Gasteiger partial charge in [0, 0.05) is 18.0 Å². The fraction of sp³-hybridized carbons (Fsp3) is 0.529. The number of thiophene rings is 1. The molecule has 1 spiro atoms. The first-order chi connectivity index (χ1) is 11.7. The molecule has 2 aromatic rings. The molecule has 0 radical (unpaired) electrons. The number of fused-ring (bicyclic) bond motifs is 2. The minimum atomic E-state index is -0.469. The first kappa shape index (κ1) is 15.8. The average Bonchev–Trinajstić information content (AvgIpc) is 3.26.